The Labute approximate surface area is 108 Å². The van der Waals surface area contributed by atoms with Crippen LogP contribution in [-0.4, -0.2) is 36.5 Å². The standard InChI is InChI=1S/C14H22N2O2/c1-4-16(12-6-5-7-15-9-12)14(17)13-8-10(2)18-11(13)3/h8,12,15H,4-7,9H2,1-3H3. The minimum atomic E-state index is 0.0977. The summed E-state index contributed by atoms with van der Waals surface area (Å²) in [5, 5.41) is 3.36. The van der Waals surface area contributed by atoms with E-state index >= 15 is 0 Å². The number of piperidine rings is 1. The van der Waals surface area contributed by atoms with Gasteiger partial charge in [-0.3, -0.25) is 4.79 Å². The molecule has 1 aromatic heterocycles. The molecule has 1 fully saturated rings. The van der Waals surface area contributed by atoms with Crippen molar-refractivity contribution < 1.29 is 9.21 Å². The highest BCUT2D eigenvalue weighted by molar-refractivity contribution is 5.95. The first kappa shape index (κ1) is 13.1. The van der Waals surface area contributed by atoms with Crippen LogP contribution in [0.15, 0.2) is 10.5 Å². The predicted octanol–water partition coefficient (Wildman–Crippen LogP) is 2.11. The SMILES string of the molecule is CCN(C(=O)c1cc(C)oc1C)C1CCCNC1. The third kappa shape index (κ3) is 2.58. The molecule has 1 unspecified atom stereocenters. The second-order valence-electron chi connectivity index (χ2n) is 4.92. The molecule has 2 rings (SSSR count). The number of aryl methyl sites for hydroxylation is 2. The fourth-order valence-electron chi connectivity index (χ4n) is 2.66. The summed E-state index contributed by atoms with van der Waals surface area (Å²) in [4.78, 5) is 14.5. The van der Waals surface area contributed by atoms with Crippen molar-refractivity contribution in [2.45, 2.75) is 39.7 Å². The average Bonchev–Trinajstić information content (AvgIpc) is 2.70. The first-order valence-corrected chi connectivity index (χ1v) is 6.72. The fourth-order valence-corrected chi connectivity index (χ4v) is 2.66. The highest BCUT2D eigenvalue weighted by Gasteiger charge is 2.26. The van der Waals surface area contributed by atoms with E-state index in [2.05, 4.69) is 5.32 Å². The van der Waals surface area contributed by atoms with Crippen molar-refractivity contribution in [2.75, 3.05) is 19.6 Å². The molecule has 0 aliphatic carbocycles. The van der Waals surface area contributed by atoms with Crippen molar-refractivity contribution >= 4 is 5.91 Å². The minimum Gasteiger partial charge on any atom is -0.466 e. The van der Waals surface area contributed by atoms with Crippen LogP contribution < -0.4 is 5.32 Å². The molecule has 0 radical (unpaired) electrons. The van der Waals surface area contributed by atoms with E-state index in [9.17, 15) is 4.79 Å². The van der Waals surface area contributed by atoms with Gasteiger partial charge in [0.2, 0.25) is 0 Å². The van der Waals surface area contributed by atoms with Crippen LogP contribution in [0.2, 0.25) is 0 Å². The van der Waals surface area contributed by atoms with E-state index in [4.69, 9.17) is 4.42 Å². The number of hydrogen-bond acceptors (Lipinski definition) is 3. The first-order chi connectivity index (χ1) is 8.63. The third-order valence-electron chi connectivity index (χ3n) is 3.58. The quantitative estimate of drug-likeness (QED) is 0.893. The number of likely N-dealkylation sites (N-methyl/N-ethyl adjacent to an activating group) is 1. The van der Waals surface area contributed by atoms with E-state index in [1.807, 2.05) is 31.7 Å². The van der Waals surface area contributed by atoms with Crippen molar-refractivity contribution in [1.82, 2.24) is 10.2 Å². The Kier molecular flexibility index (Phi) is 4.07. The molecule has 100 valence electrons. The van der Waals surface area contributed by atoms with E-state index in [-0.39, 0.29) is 5.91 Å². The van der Waals surface area contributed by atoms with Crippen LogP contribution in [0.3, 0.4) is 0 Å². The Hall–Kier alpha value is -1.29. The van der Waals surface area contributed by atoms with Gasteiger partial charge in [-0.15, -0.1) is 0 Å². The van der Waals surface area contributed by atoms with Crippen molar-refractivity contribution in [3.63, 3.8) is 0 Å². The van der Waals surface area contributed by atoms with Crippen LogP contribution in [-0.2, 0) is 0 Å². The summed E-state index contributed by atoms with van der Waals surface area (Å²) >= 11 is 0. The topological polar surface area (TPSA) is 45.5 Å². The van der Waals surface area contributed by atoms with Gasteiger partial charge in [0, 0.05) is 19.1 Å². The molecule has 1 aromatic rings. The monoisotopic (exact) mass is 250 g/mol. The molecule has 0 aromatic carbocycles. The second-order valence-corrected chi connectivity index (χ2v) is 4.92. The first-order valence-electron chi connectivity index (χ1n) is 6.72. The number of amides is 1. The average molecular weight is 250 g/mol. The van der Waals surface area contributed by atoms with Crippen molar-refractivity contribution in [1.29, 1.82) is 0 Å². The normalized spacial score (nSPS) is 19.8. The molecule has 1 aliphatic rings. The lowest BCUT2D eigenvalue weighted by Gasteiger charge is -2.33. The third-order valence-corrected chi connectivity index (χ3v) is 3.58. The van der Waals surface area contributed by atoms with Crippen molar-refractivity contribution in [2.24, 2.45) is 0 Å². The van der Waals surface area contributed by atoms with Gasteiger partial charge in [-0.2, -0.15) is 0 Å². The van der Waals surface area contributed by atoms with Gasteiger partial charge in [-0.05, 0) is 46.2 Å². The summed E-state index contributed by atoms with van der Waals surface area (Å²) in [6, 6.07) is 2.15. The van der Waals surface area contributed by atoms with Gasteiger partial charge >= 0.3 is 0 Å². The molecule has 1 saturated heterocycles. The van der Waals surface area contributed by atoms with Crippen LogP contribution in [0.1, 0.15) is 41.6 Å². The van der Waals surface area contributed by atoms with Crippen LogP contribution in [0.25, 0.3) is 0 Å². The summed E-state index contributed by atoms with van der Waals surface area (Å²) in [5.41, 5.74) is 0.708. The van der Waals surface area contributed by atoms with Gasteiger partial charge in [-0.1, -0.05) is 0 Å². The largest absolute Gasteiger partial charge is 0.466 e. The van der Waals surface area contributed by atoms with Crippen LogP contribution >= 0.6 is 0 Å². The molecular weight excluding hydrogens is 228 g/mol. The summed E-state index contributed by atoms with van der Waals surface area (Å²) < 4.78 is 5.45. The molecule has 4 nitrogen and oxygen atoms in total. The van der Waals surface area contributed by atoms with E-state index < -0.39 is 0 Å². The molecule has 1 amide bonds. The molecule has 0 spiro atoms. The Bertz CT molecular complexity index is 419. The number of rotatable bonds is 3. The van der Waals surface area contributed by atoms with Crippen LogP contribution in [0, 0.1) is 13.8 Å². The zero-order valence-electron chi connectivity index (χ0n) is 11.5. The zero-order chi connectivity index (χ0) is 13.1. The highest BCUT2D eigenvalue weighted by Crippen LogP contribution is 2.19. The molecule has 1 aliphatic heterocycles. The van der Waals surface area contributed by atoms with Gasteiger partial charge in [0.15, 0.2) is 0 Å². The number of nitrogens with one attached hydrogen (secondary N) is 1. The maximum atomic E-state index is 12.5. The Balaban J connectivity index is 2.16. The smallest absolute Gasteiger partial charge is 0.257 e. The summed E-state index contributed by atoms with van der Waals surface area (Å²) in [7, 11) is 0. The second kappa shape index (κ2) is 5.57. The number of furan rings is 1. The van der Waals surface area contributed by atoms with E-state index in [1.165, 1.54) is 0 Å². The highest BCUT2D eigenvalue weighted by atomic mass is 16.3. The molecular formula is C14H22N2O2. The van der Waals surface area contributed by atoms with Gasteiger partial charge in [0.05, 0.1) is 5.56 Å². The Morgan fingerprint density at radius 1 is 1.56 bits per heavy atom. The Morgan fingerprint density at radius 2 is 2.33 bits per heavy atom. The maximum absolute atomic E-state index is 12.5. The van der Waals surface area contributed by atoms with Crippen molar-refractivity contribution in [3.05, 3.63) is 23.2 Å². The number of carbonyl (C=O) groups excluding carboxylic acids is 1. The van der Waals surface area contributed by atoms with Crippen LogP contribution in [0.5, 0.6) is 0 Å². The number of hydrogen-bond donors (Lipinski definition) is 1. The zero-order valence-corrected chi connectivity index (χ0v) is 11.5. The lowest BCUT2D eigenvalue weighted by Crippen LogP contribution is -2.48. The molecule has 1 atom stereocenters. The molecule has 0 saturated carbocycles. The summed E-state index contributed by atoms with van der Waals surface area (Å²) in [6.07, 6.45) is 2.22. The number of nitrogens with zero attached hydrogens (tertiary/aromatic N) is 1. The predicted molar refractivity (Wildman–Crippen MR) is 70.8 cm³/mol. The van der Waals surface area contributed by atoms with E-state index in [0.29, 0.717) is 11.6 Å². The molecule has 0 bridgehead atoms. The molecule has 4 heteroatoms. The molecule has 18 heavy (non-hydrogen) atoms. The lowest BCUT2D eigenvalue weighted by atomic mass is 10.0. The lowest BCUT2D eigenvalue weighted by molar-refractivity contribution is 0.0660. The Morgan fingerprint density at radius 3 is 2.83 bits per heavy atom. The van der Waals surface area contributed by atoms with Gasteiger partial charge < -0.3 is 14.6 Å². The van der Waals surface area contributed by atoms with Crippen LogP contribution in [0.4, 0.5) is 0 Å². The van der Waals surface area contributed by atoms with Crippen molar-refractivity contribution in [3.8, 4) is 0 Å². The molecule has 2 heterocycles. The van der Waals surface area contributed by atoms with E-state index in [0.717, 1.165) is 44.0 Å². The molecule has 1 N–H and O–H groups in total. The summed E-state index contributed by atoms with van der Waals surface area (Å²) in [5.74, 6) is 1.62. The fraction of sp³-hybridized carbons (Fsp3) is 0.643. The van der Waals surface area contributed by atoms with Gasteiger partial charge in [0.25, 0.3) is 5.91 Å². The van der Waals surface area contributed by atoms with Gasteiger partial charge in [0.1, 0.15) is 11.5 Å². The van der Waals surface area contributed by atoms with Gasteiger partial charge in [-0.25, -0.2) is 0 Å². The maximum Gasteiger partial charge on any atom is 0.257 e. The number of carbonyl (C=O) groups is 1. The summed E-state index contributed by atoms with van der Waals surface area (Å²) in [6.45, 7) is 8.47. The minimum absolute atomic E-state index is 0.0977. The van der Waals surface area contributed by atoms with E-state index in [1.54, 1.807) is 0 Å².